The lowest BCUT2D eigenvalue weighted by Gasteiger charge is -2.34. The van der Waals surface area contributed by atoms with Crippen molar-refractivity contribution < 1.29 is 17.6 Å². The van der Waals surface area contributed by atoms with Crippen LogP contribution in [0.5, 0.6) is 0 Å². The fourth-order valence-corrected chi connectivity index (χ4v) is 6.44. The summed E-state index contributed by atoms with van der Waals surface area (Å²) in [6, 6.07) is 4.69. The second-order valence-corrected chi connectivity index (χ2v) is 11.6. The molecule has 1 aromatic carbocycles. The first-order valence-electron chi connectivity index (χ1n) is 13.9. The van der Waals surface area contributed by atoms with Gasteiger partial charge in [-0.2, -0.15) is 13.2 Å². The van der Waals surface area contributed by atoms with Gasteiger partial charge in [0.25, 0.3) is 0 Å². The topological polar surface area (TPSA) is 40.4 Å². The molecule has 212 valence electrons. The molecule has 1 saturated heterocycles. The van der Waals surface area contributed by atoms with Gasteiger partial charge in [-0.05, 0) is 79.5 Å². The van der Waals surface area contributed by atoms with Gasteiger partial charge >= 0.3 is 6.18 Å². The van der Waals surface area contributed by atoms with Crippen LogP contribution >= 0.6 is 0 Å². The van der Waals surface area contributed by atoms with E-state index in [1.165, 1.54) is 29.3 Å². The Balaban J connectivity index is 1.35. The third-order valence-corrected chi connectivity index (χ3v) is 8.61. The number of anilines is 1. The molecule has 3 aliphatic heterocycles. The maximum atomic E-state index is 15.1. The number of hydrogen-bond donors (Lipinski definition) is 0. The lowest BCUT2D eigenvalue weighted by Crippen LogP contribution is -2.36. The molecule has 0 amide bonds. The van der Waals surface area contributed by atoms with Crippen LogP contribution in [-0.4, -0.2) is 50.4 Å². The van der Waals surface area contributed by atoms with E-state index in [-0.39, 0.29) is 11.6 Å². The molecular weight excluding hydrogens is 520 g/mol. The van der Waals surface area contributed by atoms with Crippen molar-refractivity contribution in [2.45, 2.75) is 51.1 Å². The SMILES string of the molecule is C=C1N2C=C(CN3CCC[C@H](C)C3)C=C(C(F)(F)F)C2=CN1c1cc(F)cc(C(c2nncn2C)C2CCC2)c1. The Morgan fingerprint density at radius 1 is 1.07 bits per heavy atom. The molecule has 0 bridgehead atoms. The van der Waals surface area contributed by atoms with Crippen LogP contribution in [0, 0.1) is 17.7 Å². The molecule has 4 aliphatic rings. The van der Waals surface area contributed by atoms with Crippen molar-refractivity contribution in [3.63, 3.8) is 0 Å². The average molecular weight is 555 g/mol. The van der Waals surface area contributed by atoms with Crippen molar-refractivity contribution in [1.29, 1.82) is 0 Å². The van der Waals surface area contributed by atoms with Gasteiger partial charge in [0.2, 0.25) is 0 Å². The molecule has 2 aromatic rings. The quantitative estimate of drug-likeness (QED) is 0.385. The van der Waals surface area contributed by atoms with Crippen molar-refractivity contribution in [3.8, 4) is 0 Å². The van der Waals surface area contributed by atoms with Gasteiger partial charge < -0.3 is 14.4 Å². The number of aromatic nitrogens is 3. The molecule has 0 spiro atoms. The van der Waals surface area contributed by atoms with E-state index in [1.54, 1.807) is 17.4 Å². The molecule has 40 heavy (non-hydrogen) atoms. The van der Waals surface area contributed by atoms with Crippen LogP contribution in [0.4, 0.5) is 23.2 Å². The molecule has 2 fully saturated rings. The lowest BCUT2D eigenvalue weighted by atomic mass is 9.72. The molecular formula is C30H34F4N6. The number of hydrogen-bond acceptors (Lipinski definition) is 5. The minimum atomic E-state index is -4.55. The normalized spacial score (nSPS) is 23.0. The Labute approximate surface area is 232 Å². The van der Waals surface area contributed by atoms with Gasteiger partial charge in [-0.25, -0.2) is 4.39 Å². The molecule has 0 radical (unpaired) electrons. The summed E-state index contributed by atoms with van der Waals surface area (Å²) in [7, 11) is 1.87. The van der Waals surface area contributed by atoms with Gasteiger partial charge in [0.05, 0.1) is 17.0 Å². The van der Waals surface area contributed by atoms with Crippen LogP contribution in [0.3, 0.4) is 0 Å². The van der Waals surface area contributed by atoms with Gasteiger partial charge in [0, 0.05) is 38.5 Å². The number of rotatable bonds is 6. The van der Waals surface area contributed by atoms with E-state index >= 15 is 4.39 Å². The zero-order chi connectivity index (χ0) is 28.2. The standard InChI is InChI=1S/C30H34F4N6/c1-19-6-5-9-38(14-19)15-21-10-26(30(32,33)34)27-17-39(20(2)40(27)16-21)25-12-23(11-24(31)13-25)28(22-7-4-8-22)29-36-35-18-37(29)3/h10-13,16-19,22,28H,2,4-9,14-15H2,1,3H3/t19-,28?/m0/s1. The molecule has 1 saturated carbocycles. The third-order valence-electron chi connectivity index (χ3n) is 8.61. The van der Waals surface area contributed by atoms with Crippen LogP contribution in [0.1, 0.15) is 56.3 Å². The zero-order valence-electron chi connectivity index (χ0n) is 22.8. The number of allylic oxidation sites excluding steroid dienone is 1. The molecule has 6 rings (SSSR count). The van der Waals surface area contributed by atoms with E-state index in [9.17, 15) is 13.2 Å². The Hall–Kier alpha value is -3.40. The minimum absolute atomic E-state index is 0.0112. The Morgan fingerprint density at radius 2 is 1.88 bits per heavy atom. The van der Waals surface area contributed by atoms with E-state index in [1.807, 2.05) is 17.7 Å². The van der Waals surface area contributed by atoms with E-state index in [0.717, 1.165) is 56.6 Å². The maximum Gasteiger partial charge on any atom is 0.418 e. The highest BCUT2D eigenvalue weighted by Gasteiger charge is 2.43. The molecule has 6 nitrogen and oxygen atoms in total. The number of piperidine rings is 1. The predicted octanol–water partition coefficient (Wildman–Crippen LogP) is 6.44. The minimum Gasteiger partial charge on any atom is -0.320 e. The van der Waals surface area contributed by atoms with Gasteiger partial charge in [0.15, 0.2) is 0 Å². The van der Waals surface area contributed by atoms with E-state index in [4.69, 9.17) is 0 Å². The van der Waals surface area contributed by atoms with Crippen LogP contribution in [-0.2, 0) is 7.05 Å². The summed E-state index contributed by atoms with van der Waals surface area (Å²) in [6.45, 7) is 8.48. The highest BCUT2D eigenvalue weighted by Crippen LogP contribution is 2.46. The highest BCUT2D eigenvalue weighted by molar-refractivity contribution is 5.64. The van der Waals surface area contributed by atoms with Crippen LogP contribution in [0.2, 0.25) is 0 Å². The van der Waals surface area contributed by atoms with Crippen molar-refractivity contribution >= 4 is 5.69 Å². The summed E-state index contributed by atoms with van der Waals surface area (Å²) in [4.78, 5) is 5.25. The number of halogens is 4. The summed E-state index contributed by atoms with van der Waals surface area (Å²) in [5, 5.41) is 8.35. The first-order chi connectivity index (χ1) is 19.1. The zero-order valence-corrected chi connectivity index (χ0v) is 22.8. The summed E-state index contributed by atoms with van der Waals surface area (Å²) < 4.78 is 59.9. The van der Waals surface area contributed by atoms with E-state index < -0.39 is 17.6 Å². The number of fused-ring (bicyclic) bond motifs is 1. The summed E-state index contributed by atoms with van der Waals surface area (Å²) in [6.07, 6.45) is 6.75. The number of aryl methyl sites for hydroxylation is 1. The number of likely N-dealkylation sites (tertiary alicyclic amines) is 1. The fourth-order valence-electron chi connectivity index (χ4n) is 6.44. The molecule has 1 aromatic heterocycles. The van der Waals surface area contributed by atoms with Gasteiger partial charge in [-0.15, -0.1) is 10.2 Å². The summed E-state index contributed by atoms with van der Waals surface area (Å²) in [5.74, 6) is 1.27. The van der Waals surface area contributed by atoms with E-state index in [0.29, 0.717) is 35.5 Å². The van der Waals surface area contributed by atoms with Crippen molar-refractivity contribution in [2.24, 2.45) is 18.9 Å². The monoisotopic (exact) mass is 554 g/mol. The molecule has 4 heterocycles. The molecule has 0 N–H and O–H groups in total. The number of benzene rings is 1. The number of nitrogens with zero attached hydrogens (tertiary/aromatic N) is 6. The predicted molar refractivity (Wildman–Crippen MR) is 145 cm³/mol. The maximum absolute atomic E-state index is 15.1. The Morgan fingerprint density at radius 3 is 2.52 bits per heavy atom. The summed E-state index contributed by atoms with van der Waals surface area (Å²) >= 11 is 0. The van der Waals surface area contributed by atoms with Crippen molar-refractivity contribution in [1.82, 2.24) is 24.6 Å². The first-order valence-corrected chi connectivity index (χ1v) is 13.9. The van der Waals surface area contributed by atoms with Crippen LogP contribution in [0.15, 0.2) is 72.2 Å². The fraction of sp³-hybridized carbons (Fsp3) is 0.467. The van der Waals surface area contributed by atoms with E-state index in [2.05, 4.69) is 28.6 Å². The second kappa shape index (κ2) is 10.2. The largest absolute Gasteiger partial charge is 0.418 e. The first kappa shape index (κ1) is 26.8. The van der Waals surface area contributed by atoms with Crippen LogP contribution in [0.25, 0.3) is 0 Å². The third kappa shape index (κ3) is 4.98. The second-order valence-electron chi connectivity index (χ2n) is 11.6. The van der Waals surface area contributed by atoms with Gasteiger partial charge in [-0.1, -0.05) is 19.9 Å². The Bertz CT molecular complexity index is 1400. The molecule has 1 unspecified atom stereocenters. The van der Waals surface area contributed by atoms with Gasteiger partial charge in [-0.3, -0.25) is 4.90 Å². The average Bonchev–Trinajstić information content (AvgIpc) is 3.42. The lowest BCUT2D eigenvalue weighted by molar-refractivity contribution is -0.0909. The molecule has 10 heteroatoms. The Kier molecular flexibility index (Phi) is 6.84. The number of alkyl halides is 3. The van der Waals surface area contributed by atoms with Crippen molar-refractivity contribution in [2.75, 3.05) is 24.5 Å². The highest BCUT2D eigenvalue weighted by atomic mass is 19.4. The molecule has 1 aliphatic carbocycles. The van der Waals surface area contributed by atoms with Crippen molar-refractivity contribution in [3.05, 3.63) is 89.5 Å². The van der Waals surface area contributed by atoms with Gasteiger partial charge in [0.1, 0.15) is 23.8 Å². The summed E-state index contributed by atoms with van der Waals surface area (Å²) in [5.41, 5.74) is 1.00. The molecule has 2 atom stereocenters. The van der Waals surface area contributed by atoms with Crippen LogP contribution < -0.4 is 4.90 Å². The smallest absolute Gasteiger partial charge is 0.320 e.